The van der Waals surface area contributed by atoms with E-state index in [2.05, 4.69) is 5.32 Å². The van der Waals surface area contributed by atoms with E-state index >= 15 is 0 Å². The van der Waals surface area contributed by atoms with Crippen molar-refractivity contribution in [1.82, 2.24) is 10.2 Å². The third-order valence-electron chi connectivity index (χ3n) is 4.59. The largest absolute Gasteiger partial charge is 0.363 e. The van der Waals surface area contributed by atoms with Gasteiger partial charge in [-0.3, -0.25) is 4.79 Å². The fraction of sp³-hybridized carbons (Fsp3) is 0.263. The summed E-state index contributed by atoms with van der Waals surface area (Å²) in [7, 11) is 0. The molecule has 0 radical (unpaired) electrons. The predicted molar refractivity (Wildman–Crippen MR) is 111 cm³/mol. The molecule has 1 heterocycles. The molecule has 4 nitrogen and oxygen atoms in total. The number of halogens is 6. The van der Waals surface area contributed by atoms with E-state index in [0.29, 0.717) is 5.02 Å². The van der Waals surface area contributed by atoms with Crippen LogP contribution >= 0.6 is 35.4 Å². The number of piperazine rings is 1. The number of hydrogen-bond acceptors (Lipinski definition) is 3. The fourth-order valence-electron chi connectivity index (χ4n) is 3.03. The highest BCUT2D eigenvalue weighted by atomic mass is 35.5. The van der Waals surface area contributed by atoms with Crippen molar-refractivity contribution >= 4 is 52.1 Å². The first-order valence-electron chi connectivity index (χ1n) is 8.78. The standard InChI is InChI=1S/C19H15Cl2F4N3OS/c20-11-3-1-10(2-4-11)9-12(29)26-19(30)28-7-5-27(6-8-28)18-16(24)14(22)13(21)15(23)17(18)25/h1-4H,5-9H2,(H,26,29,30). The first-order chi connectivity index (χ1) is 14.2. The summed E-state index contributed by atoms with van der Waals surface area (Å²) in [6, 6.07) is 6.78. The van der Waals surface area contributed by atoms with Crippen LogP contribution in [0.15, 0.2) is 24.3 Å². The molecule has 1 N–H and O–H groups in total. The SMILES string of the molecule is O=C(Cc1ccc(Cl)cc1)NC(=S)N1CCN(c2c(F)c(F)c(Cl)c(F)c2F)CC1. The van der Waals surface area contributed by atoms with Crippen molar-refractivity contribution in [3.63, 3.8) is 0 Å². The summed E-state index contributed by atoms with van der Waals surface area (Å²) in [4.78, 5) is 15.0. The molecule has 0 spiro atoms. The van der Waals surface area contributed by atoms with Gasteiger partial charge in [0.15, 0.2) is 28.4 Å². The number of nitrogens with zero attached hydrogens (tertiary/aromatic N) is 2. The average molecular weight is 480 g/mol. The Morgan fingerprint density at radius 1 is 0.933 bits per heavy atom. The Hall–Kier alpha value is -2.10. The number of carbonyl (C=O) groups is 1. The molecule has 2 aromatic rings. The molecule has 3 rings (SSSR count). The van der Waals surface area contributed by atoms with Gasteiger partial charge in [-0.2, -0.15) is 0 Å². The molecule has 160 valence electrons. The maximum Gasteiger partial charge on any atom is 0.230 e. The number of anilines is 1. The Kier molecular flexibility index (Phi) is 7.05. The second-order valence-electron chi connectivity index (χ2n) is 6.55. The van der Waals surface area contributed by atoms with Crippen LogP contribution in [-0.2, 0) is 11.2 Å². The zero-order chi connectivity index (χ0) is 22.0. The molecule has 2 aromatic carbocycles. The lowest BCUT2D eigenvalue weighted by atomic mass is 10.1. The molecule has 0 aromatic heterocycles. The quantitative estimate of drug-likeness (QED) is 0.308. The number of hydrogen-bond donors (Lipinski definition) is 1. The highest BCUT2D eigenvalue weighted by Crippen LogP contribution is 2.33. The van der Waals surface area contributed by atoms with E-state index in [0.717, 1.165) is 5.56 Å². The molecule has 11 heteroatoms. The van der Waals surface area contributed by atoms with Gasteiger partial charge < -0.3 is 15.1 Å². The third kappa shape index (κ3) is 4.79. The lowest BCUT2D eigenvalue weighted by molar-refractivity contribution is -0.119. The van der Waals surface area contributed by atoms with Crippen molar-refractivity contribution in [2.24, 2.45) is 0 Å². The second kappa shape index (κ2) is 9.36. The van der Waals surface area contributed by atoms with E-state index in [4.69, 9.17) is 35.4 Å². The Morgan fingerprint density at radius 3 is 2.00 bits per heavy atom. The summed E-state index contributed by atoms with van der Waals surface area (Å²) >= 11 is 16.3. The minimum absolute atomic E-state index is 0.0293. The molecular formula is C19H15Cl2F4N3OS. The summed E-state index contributed by atoms with van der Waals surface area (Å²) in [5.41, 5.74) is -0.0611. The molecule has 1 aliphatic heterocycles. The number of benzene rings is 2. The number of thiocarbonyl (C=S) groups is 1. The van der Waals surface area contributed by atoms with Gasteiger partial charge in [-0.05, 0) is 29.9 Å². The second-order valence-corrected chi connectivity index (χ2v) is 7.75. The molecule has 1 fully saturated rings. The zero-order valence-corrected chi connectivity index (χ0v) is 17.7. The Morgan fingerprint density at radius 2 is 1.47 bits per heavy atom. The van der Waals surface area contributed by atoms with Crippen LogP contribution in [0.25, 0.3) is 0 Å². The molecule has 30 heavy (non-hydrogen) atoms. The summed E-state index contributed by atoms with van der Waals surface area (Å²) in [5.74, 6) is -6.71. The molecule has 0 saturated carbocycles. The van der Waals surface area contributed by atoms with Gasteiger partial charge in [0, 0.05) is 31.2 Å². The van der Waals surface area contributed by atoms with Crippen molar-refractivity contribution < 1.29 is 22.4 Å². The average Bonchev–Trinajstić information content (AvgIpc) is 2.73. The van der Waals surface area contributed by atoms with Crippen LogP contribution in [0.3, 0.4) is 0 Å². The lowest BCUT2D eigenvalue weighted by Gasteiger charge is -2.37. The monoisotopic (exact) mass is 479 g/mol. The molecule has 1 amide bonds. The van der Waals surface area contributed by atoms with Crippen molar-refractivity contribution in [3.05, 3.63) is 63.1 Å². The maximum absolute atomic E-state index is 14.1. The van der Waals surface area contributed by atoms with Crippen LogP contribution in [-0.4, -0.2) is 42.1 Å². The normalized spacial score (nSPS) is 14.1. The summed E-state index contributed by atoms with van der Waals surface area (Å²) in [6.45, 7) is 0.429. The van der Waals surface area contributed by atoms with E-state index in [1.54, 1.807) is 29.2 Å². The van der Waals surface area contributed by atoms with Gasteiger partial charge in [0.05, 0.1) is 6.42 Å². The van der Waals surface area contributed by atoms with E-state index in [9.17, 15) is 22.4 Å². The molecule has 1 aliphatic rings. The Labute approximate surface area is 185 Å². The summed E-state index contributed by atoms with van der Waals surface area (Å²) < 4.78 is 55.7. The van der Waals surface area contributed by atoms with Crippen LogP contribution in [0.4, 0.5) is 23.2 Å². The van der Waals surface area contributed by atoms with Gasteiger partial charge in [0.25, 0.3) is 0 Å². The maximum atomic E-state index is 14.1. The number of carbonyl (C=O) groups excluding carboxylic acids is 1. The zero-order valence-electron chi connectivity index (χ0n) is 15.3. The minimum Gasteiger partial charge on any atom is -0.363 e. The van der Waals surface area contributed by atoms with Gasteiger partial charge >= 0.3 is 0 Å². The van der Waals surface area contributed by atoms with Crippen LogP contribution in [0, 0.1) is 23.3 Å². The first kappa shape index (κ1) is 22.6. The fourth-order valence-corrected chi connectivity index (χ4v) is 3.62. The smallest absolute Gasteiger partial charge is 0.230 e. The Balaban J connectivity index is 1.60. The summed E-state index contributed by atoms with van der Waals surface area (Å²) in [6.07, 6.45) is 0.0943. The van der Waals surface area contributed by atoms with Gasteiger partial charge in [-0.1, -0.05) is 35.3 Å². The van der Waals surface area contributed by atoms with Crippen LogP contribution in [0.5, 0.6) is 0 Å². The minimum atomic E-state index is -1.64. The topological polar surface area (TPSA) is 35.6 Å². The van der Waals surface area contributed by atoms with Gasteiger partial charge in [-0.25, -0.2) is 17.6 Å². The highest BCUT2D eigenvalue weighted by molar-refractivity contribution is 7.80. The van der Waals surface area contributed by atoms with Gasteiger partial charge in [-0.15, -0.1) is 0 Å². The van der Waals surface area contributed by atoms with Crippen LogP contribution < -0.4 is 10.2 Å². The van der Waals surface area contributed by atoms with Gasteiger partial charge in [0.2, 0.25) is 5.91 Å². The number of nitrogens with one attached hydrogen (secondary N) is 1. The summed E-state index contributed by atoms with van der Waals surface area (Å²) in [5, 5.41) is 2.08. The van der Waals surface area contributed by atoms with Crippen LogP contribution in [0.2, 0.25) is 10.0 Å². The molecule has 0 bridgehead atoms. The molecule has 0 aliphatic carbocycles. The number of rotatable bonds is 3. The van der Waals surface area contributed by atoms with Crippen molar-refractivity contribution in [2.45, 2.75) is 6.42 Å². The van der Waals surface area contributed by atoms with E-state index in [-0.39, 0.29) is 43.6 Å². The van der Waals surface area contributed by atoms with E-state index < -0.39 is 34.0 Å². The predicted octanol–water partition coefficient (Wildman–Crippen LogP) is 4.32. The van der Waals surface area contributed by atoms with Crippen LogP contribution in [0.1, 0.15) is 5.56 Å². The molecule has 0 unspecified atom stereocenters. The first-order valence-corrected chi connectivity index (χ1v) is 9.95. The highest BCUT2D eigenvalue weighted by Gasteiger charge is 2.30. The number of amides is 1. The van der Waals surface area contributed by atoms with E-state index in [1.165, 1.54) is 4.90 Å². The molecular weight excluding hydrogens is 465 g/mol. The van der Waals surface area contributed by atoms with Crippen molar-refractivity contribution in [2.75, 3.05) is 31.1 Å². The van der Waals surface area contributed by atoms with E-state index in [1.807, 2.05) is 0 Å². The van der Waals surface area contributed by atoms with Crippen molar-refractivity contribution in [1.29, 1.82) is 0 Å². The molecule has 1 saturated heterocycles. The Bertz CT molecular complexity index is 954. The van der Waals surface area contributed by atoms with Crippen molar-refractivity contribution in [3.8, 4) is 0 Å². The van der Waals surface area contributed by atoms with Gasteiger partial charge in [0.1, 0.15) is 10.7 Å². The molecule has 0 atom stereocenters. The lowest BCUT2D eigenvalue weighted by Crippen LogP contribution is -2.53. The third-order valence-corrected chi connectivity index (χ3v) is 5.54.